The molecular weight excluding hydrogens is 276 g/mol. The van der Waals surface area contributed by atoms with Crippen molar-refractivity contribution in [3.05, 3.63) is 23.8 Å². The van der Waals surface area contributed by atoms with Gasteiger partial charge in [0, 0.05) is 18.9 Å². The maximum atomic E-state index is 12.1. The van der Waals surface area contributed by atoms with Crippen LogP contribution in [0.25, 0.3) is 0 Å². The standard InChI is InChI=1S/C19H28O3/c1-14(18-12-11-17(21)13-19(18)22)7-9-16(20)10-8-15-5-3-2-4-6-15/h11-15,21-22H,2-10H2,1H3. The predicted molar refractivity (Wildman–Crippen MR) is 88.2 cm³/mol. The van der Waals surface area contributed by atoms with Gasteiger partial charge in [-0.3, -0.25) is 4.79 Å². The van der Waals surface area contributed by atoms with Crippen LogP contribution < -0.4 is 0 Å². The Morgan fingerprint density at radius 2 is 1.91 bits per heavy atom. The van der Waals surface area contributed by atoms with Crippen molar-refractivity contribution in [1.29, 1.82) is 0 Å². The maximum Gasteiger partial charge on any atom is 0.132 e. The Hall–Kier alpha value is -1.51. The number of hydrogen-bond donors (Lipinski definition) is 2. The molecule has 1 unspecified atom stereocenters. The fourth-order valence-corrected chi connectivity index (χ4v) is 3.45. The van der Waals surface area contributed by atoms with Crippen molar-refractivity contribution in [3.63, 3.8) is 0 Å². The van der Waals surface area contributed by atoms with E-state index in [-0.39, 0.29) is 17.4 Å². The molecule has 1 saturated carbocycles. The van der Waals surface area contributed by atoms with Crippen LogP contribution in [0.1, 0.15) is 76.2 Å². The summed E-state index contributed by atoms with van der Waals surface area (Å²) in [4.78, 5) is 12.1. The first-order valence-electron chi connectivity index (χ1n) is 8.60. The van der Waals surface area contributed by atoms with Crippen LogP contribution in [0.3, 0.4) is 0 Å². The van der Waals surface area contributed by atoms with Gasteiger partial charge in [0.05, 0.1) is 0 Å². The maximum absolute atomic E-state index is 12.1. The minimum absolute atomic E-state index is 0.0667. The summed E-state index contributed by atoms with van der Waals surface area (Å²) in [6.45, 7) is 2.01. The third kappa shape index (κ3) is 5.04. The number of phenolic OH excluding ortho intramolecular Hbond substituents is 2. The fraction of sp³-hybridized carbons (Fsp3) is 0.632. The van der Waals surface area contributed by atoms with Gasteiger partial charge in [0.25, 0.3) is 0 Å². The highest BCUT2D eigenvalue weighted by atomic mass is 16.3. The van der Waals surface area contributed by atoms with E-state index in [9.17, 15) is 15.0 Å². The number of carbonyl (C=O) groups is 1. The SMILES string of the molecule is CC(CCC(=O)CCC1CCCCC1)c1ccc(O)cc1O. The lowest BCUT2D eigenvalue weighted by Gasteiger charge is -2.21. The summed E-state index contributed by atoms with van der Waals surface area (Å²) < 4.78 is 0. The third-order valence-electron chi connectivity index (χ3n) is 4.96. The Balaban J connectivity index is 1.73. The van der Waals surface area contributed by atoms with Crippen LogP contribution in [-0.4, -0.2) is 16.0 Å². The molecule has 1 aliphatic rings. The molecule has 22 heavy (non-hydrogen) atoms. The van der Waals surface area contributed by atoms with Crippen LogP contribution >= 0.6 is 0 Å². The van der Waals surface area contributed by atoms with Gasteiger partial charge in [-0.05, 0) is 36.3 Å². The largest absolute Gasteiger partial charge is 0.508 e. The number of aromatic hydroxyl groups is 2. The number of phenols is 2. The highest BCUT2D eigenvalue weighted by Crippen LogP contribution is 2.32. The van der Waals surface area contributed by atoms with Gasteiger partial charge in [-0.1, -0.05) is 45.1 Å². The van der Waals surface area contributed by atoms with Crippen LogP contribution in [0.2, 0.25) is 0 Å². The molecule has 1 aromatic rings. The van der Waals surface area contributed by atoms with Gasteiger partial charge in [-0.25, -0.2) is 0 Å². The monoisotopic (exact) mass is 304 g/mol. The summed E-state index contributed by atoms with van der Waals surface area (Å²) >= 11 is 0. The second-order valence-corrected chi connectivity index (χ2v) is 6.76. The predicted octanol–water partition coefficient (Wildman–Crippen LogP) is 4.91. The molecule has 0 radical (unpaired) electrons. The number of rotatable bonds is 7. The number of carbonyl (C=O) groups excluding carboxylic acids is 1. The van der Waals surface area contributed by atoms with Gasteiger partial charge >= 0.3 is 0 Å². The van der Waals surface area contributed by atoms with E-state index in [4.69, 9.17) is 0 Å². The molecule has 0 saturated heterocycles. The summed E-state index contributed by atoms with van der Waals surface area (Å²) in [7, 11) is 0. The zero-order valence-electron chi connectivity index (χ0n) is 13.6. The van der Waals surface area contributed by atoms with Crippen molar-refractivity contribution in [2.24, 2.45) is 5.92 Å². The van der Waals surface area contributed by atoms with Gasteiger partial charge in [-0.15, -0.1) is 0 Å². The number of Topliss-reactive ketones (excluding diaryl/α,β-unsaturated/α-hetero) is 1. The molecule has 1 fully saturated rings. The second-order valence-electron chi connectivity index (χ2n) is 6.76. The zero-order valence-corrected chi connectivity index (χ0v) is 13.6. The zero-order chi connectivity index (χ0) is 15.9. The molecule has 0 spiro atoms. The van der Waals surface area contributed by atoms with Crippen molar-refractivity contribution in [2.45, 2.75) is 70.6 Å². The quantitative estimate of drug-likeness (QED) is 0.752. The normalized spacial score (nSPS) is 17.3. The highest BCUT2D eigenvalue weighted by molar-refractivity contribution is 5.78. The van der Waals surface area contributed by atoms with Gasteiger partial charge < -0.3 is 10.2 Å². The van der Waals surface area contributed by atoms with E-state index in [0.29, 0.717) is 18.6 Å². The lowest BCUT2D eigenvalue weighted by atomic mass is 9.85. The van der Waals surface area contributed by atoms with Crippen molar-refractivity contribution in [1.82, 2.24) is 0 Å². The van der Waals surface area contributed by atoms with E-state index in [1.807, 2.05) is 6.92 Å². The average molecular weight is 304 g/mol. The van der Waals surface area contributed by atoms with Crippen molar-refractivity contribution in [2.75, 3.05) is 0 Å². The molecule has 2 N–H and O–H groups in total. The van der Waals surface area contributed by atoms with Crippen LogP contribution in [0, 0.1) is 5.92 Å². The molecule has 1 atom stereocenters. The number of hydrogen-bond acceptors (Lipinski definition) is 3. The molecule has 1 aliphatic carbocycles. The van der Waals surface area contributed by atoms with Crippen LogP contribution in [0.15, 0.2) is 18.2 Å². The Morgan fingerprint density at radius 3 is 2.59 bits per heavy atom. The summed E-state index contributed by atoms with van der Waals surface area (Å²) in [6.07, 6.45) is 9.70. The molecule has 2 rings (SSSR count). The number of benzene rings is 1. The number of ketones is 1. The topological polar surface area (TPSA) is 57.5 Å². The molecule has 0 heterocycles. The molecule has 0 aliphatic heterocycles. The Labute approximate surface area is 133 Å². The van der Waals surface area contributed by atoms with E-state index in [1.54, 1.807) is 12.1 Å². The van der Waals surface area contributed by atoms with E-state index >= 15 is 0 Å². The molecule has 122 valence electrons. The Morgan fingerprint density at radius 1 is 1.18 bits per heavy atom. The lowest BCUT2D eigenvalue weighted by Crippen LogP contribution is -2.09. The first kappa shape index (κ1) is 16.9. The Bertz CT molecular complexity index is 489. The third-order valence-corrected chi connectivity index (χ3v) is 4.96. The second kappa shape index (κ2) is 8.21. The highest BCUT2D eigenvalue weighted by Gasteiger charge is 2.16. The molecule has 0 amide bonds. The average Bonchev–Trinajstić information content (AvgIpc) is 2.51. The molecule has 3 nitrogen and oxygen atoms in total. The Kier molecular flexibility index (Phi) is 6.29. The van der Waals surface area contributed by atoms with Gasteiger partial charge in [0.15, 0.2) is 0 Å². The summed E-state index contributed by atoms with van der Waals surface area (Å²) in [5, 5.41) is 19.2. The van der Waals surface area contributed by atoms with Crippen molar-refractivity contribution >= 4 is 5.78 Å². The van der Waals surface area contributed by atoms with E-state index in [0.717, 1.165) is 24.3 Å². The first-order valence-corrected chi connectivity index (χ1v) is 8.60. The van der Waals surface area contributed by atoms with E-state index in [1.165, 1.54) is 38.2 Å². The minimum atomic E-state index is 0.0667. The van der Waals surface area contributed by atoms with Crippen molar-refractivity contribution < 1.29 is 15.0 Å². The summed E-state index contributed by atoms with van der Waals surface area (Å²) in [5.74, 6) is 1.41. The fourth-order valence-electron chi connectivity index (χ4n) is 3.45. The van der Waals surface area contributed by atoms with Crippen LogP contribution in [0.4, 0.5) is 0 Å². The van der Waals surface area contributed by atoms with E-state index in [2.05, 4.69) is 0 Å². The van der Waals surface area contributed by atoms with Crippen LogP contribution in [-0.2, 0) is 4.79 Å². The molecule has 0 bridgehead atoms. The summed E-state index contributed by atoms with van der Waals surface area (Å²) in [5.41, 5.74) is 0.804. The molecule has 1 aromatic carbocycles. The van der Waals surface area contributed by atoms with Gasteiger partial charge in [-0.2, -0.15) is 0 Å². The van der Waals surface area contributed by atoms with Gasteiger partial charge in [0.2, 0.25) is 0 Å². The van der Waals surface area contributed by atoms with Gasteiger partial charge in [0.1, 0.15) is 17.3 Å². The first-order chi connectivity index (χ1) is 10.6. The molecule has 0 aromatic heterocycles. The molecule has 3 heteroatoms. The van der Waals surface area contributed by atoms with Crippen LogP contribution in [0.5, 0.6) is 11.5 Å². The minimum Gasteiger partial charge on any atom is -0.508 e. The molecular formula is C19H28O3. The van der Waals surface area contributed by atoms with Crippen molar-refractivity contribution in [3.8, 4) is 11.5 Å². The lowest BCUT2D eigenvalue weighted by molar-refractivity contribution is -0.119. The van der Waals surface area contributed by atoms with E-state index < -0.39 is 0 Å². The summed E-state index contributed by atoms with van der Waals surface area (Å²) in [6, 6.07) is 4.68. The smallest absolute Gasteiger partial charge is 0.132 e.